The molecule has 2 aromatic heterocycles. The molecule has 5 rings (SSSR count). The van der Waals surface area contributed by atoms with E-state index in [0.717, 1.165) is 43.5 Å². The number of rotatable bonds is 5. The van der Waals surface area contributed by atoms with Crippen molar-refractivity contribution in [1.29, 1.82) is 0 Å². The predicted octanol–water partition coefficient (Wildman–Crippen LogP) is 1.61. The molecule has 8 heteroatoms. The molecule has 3 fully saturated rings. The van der Waals surface area contributed by atoms with Gasteiger partial charge in [-0.05, 0) is 55.5 Å². The van der Waals surface area contributed by atoms with Crippen LogP contribution < -0.4 is 0 Å². The van der Waals surface area contributed by atoms with Crippen LogP contribution in [0.5, 0.6) is 0 Å². The molecule has 1 atom stereocenters. The highest BCUT2D eigenvalue weighted by Gasteiger charge is 2.35. The fraction of sp³-hybridized carbons (Fsp3) is 0.786. The Balaban J connectivity index is 1.35. The van der Waals surface area contributed by atoms with Crippen molar-refractivity contribution in [2.24, 2.45) is 0 Å². The summed E-state index contributed by atoms with van der Waals surface area (Å²) in [6.45, 7) is 1.80. The lowest BCUT2D eigenvalue weighted by molar-refractivity contribution is 0.224. The van der Waals surface area contributed by atoms with Crippen LogP contribution in [0.15, 0.2) is 4.52 Å². The number of hydrogen-bond acceptors (Lipinski definition) is 7. The molecule has 0 aromatic carbocycles. The van der Waals surface area contributed by atoms with Crippen molar-refractivity contribution < 1.29 is 4.52 Å². The second-order valence-corrected chi connectivity index (χ2v) is 6.66. The number of nitrogens with zero attached hydrogens (tertiary/aromatic N) is 7. The van der Waals surface area contributed by atoms with Crippen LogP contribution in [-0.4, -0.2) is 41.8 Å². The van der Waals surface area contributed by atoms with Crippen molar-refractivity contribution in [3.8, 4) is 0 Å². The molecule has 0 radical (unpaired) electrons. The summed E-state index contributed by atoms with van der Waals surface area (Å²) in [5.41, 5.74) is 0. The van der Waals surface area contributed by atoms with Crippen molar-refractivity contribution in [1.82, 2.24) is 35.2 Å². The summed E-state index contributed by atoms with van der Waals surface area (Å²) in [7, 11) is 0. The molecule has 0 amide bonds. The highest BCUT2D eigenvalue weighted by Crippen LogP contribution is 2.40. The van der Waals surface area contributed by atoms with Crippen LogP contribution in [0.2, 0.25) is 0 Å². The molecule has 1 aliphatic heterocycles. The molecule has 0 unspecified atom stereocenters. The molecular formula is C14H19N7O. The van der Waals surface area contributed by atoms with Crippen LogP contribution in [-0.2, 0) is 6.54 Å². The fourth-order valence-electron chi connectivity index (χ4n) is 3.29. The van der Waals surface area contributed by atoms with Crippen molar-refractivity contribution >= 4 is 0 Å². The Bertz CT molecular complexity index is 672. The van der Waals surface area contributed by atoms with Crippen LogP contribution in [0.25, 0.3) is 0 Å². The molecule has 0 bridgehead atoms. The minimum atomic E-state index is 0.237. The van der Waals surface area contributed by atoms with Gasteiger partial charge in [0.2, 0.25) is 5.89 Å². The zero-order valence-corrected chi connectivity index (χ0v) is 12.4. The van der Waals surface area contributed by atoms with E-state index in [1.807, 2.05) is 4.68 Å². The first-order chi connectivity index (χ1) is 10.9. The highest BCUT2D eigenvalue weighted by molar-refractivity contribution is 5.05. The maximum atomic E-state index is 5.42. The van der Waals surface area contributed by atoms with Crippen molar-refractivity contribution in [2.75, 3.05) is 6.54 Å². The normalized spacial score (nSPS) is 25.9. The lowest BCUT2D eigenvalue weighted by Gasteiger charge is -2.20. The standard InChI is InChI=1S/C14H19N7O/c1-2-11(13-15-14(22-17-13)9-3-4-9)20(7-1)8-12-16-18-19-21(12)10-5-6-10/h9-11H,1-8H2/t11-/m1/s1. The van der Waals surface area contributed by atoms with Gasteiger partial charge < -0.3 is 4.52 Å². The van der Waals surface area contributed by atoms with Crippen molar-refractivity contribution in [3.63, 3.8) is 0 Å². The van der Waals surface area contributed by atoms with Gasteiger partial charge in [0.05, 0.1) is 18.6 Å². The first kappa shape index (κ1) is 12.7. The Labute approximate surface area is 127 Å². The number of aromatic nitrogens is 6. The summed E-state index contributed by atoms with van der Waals surface area (Å²) in [6.07, 6.45) is 6.99. The first-order valence-electron chi connectivity index (χ1n) is 8.23. The van der Waals surface area contributed by atoms with Gasteiger partial charge in [-0.3, -0.25) is 4.90 Å². The third-order valence-corrected chi connectivity index (χ3v) is 4.84. The summed E-state index contributed by atoms with van der Waals surface area (Å²) in [5, 5.41) is 16.4. The van der Waals surface area contributed by atoms with E-state index in [0.29, 0.717) is 12.0 Å². The van der Waals surface area contributed by atoms with E-state index in [9.17, 15) is 0 Å². The zero-order chi connectivity index (χ0) is 14.5. The zero-order valence-electron chi connectivity index (χ0n) is 12.4. The van der Waals surface area contributed by atoms with Gasteiger partial charge in [-0.1, -0.05) is 5.16 Å². The Morgan fingerprint density at radius 2 is 2.05 bits per heavy atom. The van der Waals surface area contributed by atoms with E-state index in [4.69, 9.17) is 4.52 Å². The van der Waals surface area contributed by atoms with Gasteiger partial charge in [0.15, 0.2) is 11.6 Å². The van der Waals surface area contributed by atoms with E-state index < -0.39 is 0 Å². The summed E-state index contributed by atoms with van der Waals surface area (Å²) in [5.74, 6) is 3.13. The van der Waals surface area contributed by atoms with Gasteiger partial charge in [0.1, 0.15) is 0 Å². The number of tetrazole rings is 1. The minimum absolute atomic E-state index is 0.237. The van der Waals surface area contributed by atoms with Gasteiger partial charge in [-0.15, -0.1) is 5.10 Å². The number of hydrogen-bond donors (Lipinski definition) is 0. The molecule has 3 aliphatic rings. The van der Waals surface area contributed by atoms with Crippen LogP contribution in [0, 0.1) is 0 Å². The van der Waals surface area contributed by atoms with E-state index in [1.165, 1.54) is 25.7 Å². The third kappa shape index (κ3) is 2.22. The number of likely N-dealkylation sites (tertiary alicyclic amines) is 1. The highest BCUT2D eigenvalue weighted by atomic mass is 16.5. The van der Waals surface area contributed by atoms with Crippen LogP contribution in [0.3, 0.4) is 0 Å². The molecule has 2 aromatic rings. The molecule has 3 heterocycles. The van der Waals surface area contributed by atoms with Crippen LogP contribution in [0.1, 0.15) is 74.1 Å². The van der Waals surface area contributed by atoms with E-state index in [1.54, 1.807) is 0 Å². The molecule has 8 nitrogen and oxygen atoms in total. The van der Waals surface area contributed by atoms with Gasteiger partial charge in [-0.25, -0.2) is 4.68 Å². The largest absolute Gasteiger partial charge is 0.339 e. The van der Waals surface area contributed by atoms with E-state index in [2.05, 4.69) is 30.6 Å². The lowest BCUT2D eigenvalue weighted by Crippen LogP contribution is -2.25. The summed E-state index contributed by atoms with van der Waals surface area (Å²) >= 11 is 0. The van der Waals surface area contributed by atoms with Gasteiger partial charge in [0.25, 0.3) is 0 Å². The van der Waals surface area contributed by atoms with Crippen molar-refractivity contribution in [2.45, 2.75) is 63.1 Å². The van der Waals surface area contributed by atoms with Gasteiger partial charge >= 0.3 is 0 Å². The van der Waals surface area contributed by atoms with Gasteiger partial charge in [-0.2, -0.15) is 4.98 Å². The van der Waals surface area contributed by atoms with E-state index in [-0.39, 0.29) is 6.04 Å². The molecule has 116 valence electrons. The molecular weight excluding hydrogens is 282 g/mol. The van der Waals surface area contributed by atoms with Gasteiger partial charge in [0, 0.05) is 5.92 Å². The second kappa shape index (κ2) is 4.84. The Morgan fingerprint density at radius 1 is 1.14 bits per heavy atom. The molecule has 0 spiro atoms. The SMILES string of the molecule is C1C[C@H](c2noc(C3CC3)n2)N(Cc2nnnn2C2CC2)C1. The van der Waals surface area contributed by atoms with Crippen LogP contribution in [0.4, 0.5) is 0 Å². The molecule has 2 aliphatic carbocycles. The molecule has 1 saturated heterocycles. The van der Waals surface area contributed by atoms with Crippen LogP contribution >= 0.6 is 0 Å². The monoisotopic (exact) mass is 301 g/mol. The smallest absolute Gasteiger partial charge is 0.229 e. The Morgan fingerprint density at radius 3 is 2.86 bits per heavy atom. The molecule has 22 heavy (non-hydrogen) atoms. The second-order valence-electron chi connectivity index (χ2n) is 6.66. The molecule has 0 N–H and O–H groups in total. The quantitative estimate of drug-likeness (QED) is 0.829. The predicted molar refractivity (Wildman–Crippen MR) is 74.7 cm³/mol. The maximum absolute atomic E-state index is 5.42. The average molecular weight is 301 g/mol. The third-order valence-electron chi connectivity index (χ3n) is 4.84. The van der Waals surface area contributed by atoms with Crippen molar-refractivity contribution in [3.05, 3.63) is 17.5 Å². The molecule has 2 saturated carbocycles. The summed E-state index contributed by atoms with van der Waals surface area (Å²) < 4.78 is 7.41. The topological polar surface area (TPSA) is 85.8 Å². The average Bonchev–Trinajstić information content (AvgIpc) is 3.41. The van der Waals surface area contributed by atoms with E-state index >= 15 is 0 Å². The lowest BCUT2D eigenvalue weighted by atomic mass is 10.2. The maximum Gasteiger partial charge on any atom is 0.229 e. The first-order valence-corrected chi connectivity index (χ1v) is 8.23. The minimum Gasteiger partial charge on any atom is -0.339 e. The Hall–Kier alpha value is -1.83. The summed E-state index contributed by atoms with van der Waals surface area (Å²) in [4.78, 5) is 7.01. The Kier molecular flexibility index (Phi) is 2.79. The summed E-state index contributed by atoms with van der Waals surface area (Å²) in [6, 6.07) is 0.748. The fourth-order valence-corrected chi connectivity index (χ4v) is 3.29.